The largest absolute Gasteiger partial charge is 0.383 e. The Morgan fingerprint density at radius 3 is 3.05 bits per heavy atom. The van der Waals surface area contributed by atoms with Gasteiger partial charge in [-0.05, 0) is 30.9 Å². The van der Waals surface area contributed by atoms with Crippen molar-refractivity contribution in [2.24, 2.45) is 0 Å². The summed E-state index contributed by atoms with van der Waals surface area (Å²) in [7, 11) is 1.66. The van der Waals surface area contributed by atoms with Crippen molar-refractivity contribution in [2.75, 3.05) is 33.4 Å². The van der Waals surface area contributed by atoms with Crippen LogP contribution in [0.2, 0.25) is 5.02 Å². The molecule has 1 amide bonds. The number of methoxy groups -OCH3 is 1. The number of nitrogens with one attached hydrogen (secondary N) is 1. The Bertz CT molecular complexity index is 467. The first-order valence-electron chi connectivity index (χ1n) is 7.45. The average molecular weight is 311 g/mol. The number of ether oxygens (including phenoxy) is 1. The van der Waals surface area contributed by atoms with Crippen LogP contribution in [0.4, 0.5) is 0 Å². The standard InChI is InChI=1S/C16H23ClN2O2/c1-21-10-8-18-12-16(20)19-9-4-6-14(19)11-13-5-2-3-7-15(13)17/h2-3,5,7,14,18H,4,6,8-12H2,1H3. The molecule has 1 fully saturated rings. The smallest absolute Gasteiger partial charge is 0.236 e. The number of nitrogens with zero attached hydrogens (tertiary/aromatic N) is 1. The number of hydrogen-bond donors (Lipinski definition) is 1. The van der Waals surface area contributed by atoms with E-state index in [-0.39, 0.29) is 11.9 Å². The summed E-state index contributed by atoms with van der Waals surface area (Å²) < 4.78 is 4.96. The normalized spacial score (nSPS) is 18.2. The van der Waals surface area contributed by atoms with E-state index in [9.17, 15) is 4.79 Å². The minimum Gasteiger partial charge on any atom is -0.383 e. The van der Waals surface area contributed by atoms with Crippen molar-refractivity contribution in [2.45, 2.75) is 25.3 Å². The quantitative estimate of drug-likeness (QED) is 0.784. The molecule has 4 nitrogen and oxygen atoms in total. The second-order valence-corrected chi connectivity index (χ2v) is 5.76. The molecule has 1 aromatic rings. The van der Waals surface area contributed by atoms with Crippen LogP contribution in [0, 0.1) is 0 Å². The maximum absolute atomic E-state index is 12.3. The van der Waals surface area contributed by atoms with E-state index < -0.39 is 0 Å². The fraction of sp³-hybridized carbons (Fsp3) is 0.562. The first-order valence-corrected chi connectivity index (χ1v) is 7.82. The predicted molar refractivity (Wildman–Crippen MR) is 84.6 cm³/mol. The Kier molecular flexibility index (Phi) is 6.49. The summed E-state index contributed by atoms with van der Waals surface area (Å²) in [5.74, 6) is 0.167. The van der Waals surface area contributed by atoms with E-state index >= 15 is 0 Å². The summed E-state index contributed by atoms with van der Waals surface area (Å²) in [4.78, 5) is 14.3. The minimum absolute atomic E-state index is 0.167. The maximum atomic E-state index is 12.3. The third-order valence-electron chi connectivity index (χ3n) is 3.87. The second kappa shape index (κ2) is 8.37. The monoisotopic (exact) mass is 310 g/mol. The molecule has 0 aliphatic carbocycles. The van der Waals surface area contributed by atoms with Gasteiger partial charge in [0, 0.05) is 31.3 Å². The first kappa shape index (κ1) is 16.3. The molecule has 0 saturated carbocycles. The van der Waals surface area contributed by atoms with E-state index in [0.717, 1.165) is 36.4 Å². The highest BCUT2D eigenvalue weighted by molar-refractivity contribution is 6.31. The lowest BCUT2D eigenvalue weighted by atomic mass is 10.0. The van der Waals surface area contributed by atoms with Crippen molar-refractivity contribution in [3.8, 4) is 0 Å². The van der Waals surface area contributed by atoms with Crippen molar-refractivity contribution in [1.82, 2.24) is 10.2 Å². The molecule has 2 rings (SSSR count). The zero-order valence-corrected chi connectivity index (χ0v) is 13.2. The van der Waals surface area contributed by atoms with Crippen LogP contribution in [0.25, 0.3) is 0 Å². The zero-order valence-electron chi connectivity index (χ0n) is 12.5. The molecular formula is C16H23ClN2O2. The van der Waals surface area contributed by atoms with Gasteiger partial charge in [-0.3, -0.25) is 4.79 Å². The summed E-state index contributed by atoms with van der Waals surface area (Å²) in [6.07, 6.45) is 2.96. The third-order valence-corrected chi connectivity index (χ3v) is 4.24. The van der Waals surface area contributed by atoms with Gasteiger partial charge in [0.05, 0.1) is 13.2 Å². The van der Waals surface area contributed by atoms with E-state index in [0.29, 0.717) is 19.7 Å². The number of carbonyl (C=O) groups excluding carboxylic acids is 1. The molecule has 1 atom stereocenters. The van der Waals surface area contributed by atoms with E-state index in [4.69, 9.17) is 16.3 Å². The highest BCUT2D eigenvalue weighted by Crippen LogP contribution is 2.24. The van der Waals surface area contributed by atoms with Gasteiger partial charge in [0.25, 0.3) is 0 Å². The minimum atomic E-state index is 0.167. The van der Waals surface area contributed by atoms with Gasteiger partial charge in [-0.2, -0.15) is 0 Å². The molecule has 1 aromatic carbocycles. The first-order chi connectivity index (χ1) is 10.2. The highest BCUT2D eigenvalue weighted by Gasteiger charge is 2.28. The van der Waals surface area contributed by atoms with Crippen LogP contribution in [0.1, 0.15) is 18.4 Å². The van der Waals surface area contributed by atoms with E-state index in [1.807, 2.05) is 29.2 Å². The highest BCUT2D eigenvalue weighted by atomic mass is 35.5. The maximum Gasteiger partial charge on any atom is 0.236 e. The van der Waals surface area contributed by atoms with Gasteiger partial charge in [-0.1, -0.05) is 29.8 Å². The predicted octanol–water partition coefficient (Wildman–Crippen LogP) is 2.11. The van der Waals surface area contributed by atoms with Crippen LogP contribution < -0.4 is 5.32 Å². The van der Waals surface area contributed by atoms with Crippen LogP contribution in [-0.4, -0.2) is 50.2 Å². The van der Waals surface area contributed by atoms with Gasteiger partial charge in [0.2, 0.25) is 5.91 Å². The van der Waals surface area contributed by atoms with Gasteiger partial charge >= 0.3 is 0 Å². The summed E-state index contributed by atoms with van der Waals surface area (Å²) in [6.45, 7) is 2.55. The van der Waals surface area contributed by atoms with Crippen LogP contribution >= 0.6 is 11.6 Å². The van der Waals surface area contributed by atoms with Gasteiger partial charge in [0.15, 0.2) is 0 Å². The average Bonchev–Trinajstić information content (AvgIpc) is 2.94. The van der Waals surface area contributed by atoms with Crippen LogP contribution in [-0.2, 0) is 16.0 Å². The third kappa shape index (κ3) is 4.70. The summed E-state index contributed by atoms with van der Waals surface area (Å²) in [5, 5.41) is 3.90. The Labute approximate surface area is 131 Å². The fourth-order valence-electron chi connectivity index (χ4n) is 2.77. The zero-order chi connectivity index (χ0) is 15.1. The number of benzene rings is 1. The summed E-state index contributed by atoms with van der Waals surface area (Å²) >= 11 is 6.22. The summed E-state index contributed by atoms with van der Waals surface area (Å²) in [6, 6.07) is 8.14. The van der Waals surface area contributed by atoms with Crippen molar-refractivity contribution in [1.29, 1.82) is 0 Å². The topological polar surface area (TPSA) is 41.6 Å². The number of rotatable bonds is 7. The van der Waals surface area contributed by atoms with Gasteiger partial charge < -0.3 is 15.0 Å². The lowest BCUT2D eigenvalue weighted by molar-refractivity contribution is -0.131. The Hall–Kier alpha value is -1.10. The van der Waals surface area contributed by atoms with Crippen molar-refractivity contribution in [3.05, 3.63) is 34.9 Å². The molecular weight excluding hydrogens is 288 g/mol. The number of hydrogen-bond acceptors (Lipinski definition) is 3. The molecule has 0 radical (unpaired) electrons. The Morgan fingerprint density at radius 2 is 2.29 bits per heavy atom. The number of likely N-dealkylation sites (tertiary alicyclic amines) is 1. The molecule has 116 valence electrons. The molecule has 1 unspecified atom stereocenters. The van der Waals surface area contributed by atoms with Gasteiger partial charge in [-0.15, -0.1) is 0 Å². The van der Waals surface area contributed by atoms with E-state index in [1.54, 1.807) is 7.11 Å². The molecule has 0 spiro atoms. The molecule has 1 heterocycles. The van der Waals surface area contributed by atoms with E-state index in [2.05, 4.69) is 5.32 Å². The molecule has 0 aromatic heterocycles. The fourth-order valence-corrected chi connectivity index (χ4v) is 2.98. The molecule has 1 aliphatic heterocycles. The van der Waals surface area contributed by atoms with Crippen molar-refractivity contribution >= 4 is 17.5 Å². The molecule has 0 bridgehead atoms. The molecule has 5 heteroatoms. The Balaban J connectivity index is 1.88. The number of amides is 1. The second-order valence-electron chi connectivity index (χ2n) is 5.35. The van der Waals surface area contributed by atoms with Crippen molar-refractivity contribution < 1.29 is 9.53 Å². The van der Waals surface area contributed by atoms with Crippen molar-refractivity contribution in [3.63, 3.8) is 0 Å². The SMILES string of the molecule is COCCNCC(=O)N1CCCC1Cc1ccccc1Cl. The molecule has 21 heavy (non-hydrogen) atoms. The molecule has 1 N–H and O–H groups in total. The van der Waals surface area contributed by atoms with Crippen LogP contribution in [0.15, 0.2) is 24.3 Å². The van der Waals surface area contributed by atoms with Gasteiger partial charge in [-0.25, -0.2) is 0 Å². The Morgan fingerprint density at radius 1 is 1.48 bits per heavy atom. The van der Waals surface area contributed by atoms with Crippen LogP contribution in [0.5, 0.6) is 0 Å². The van der Waals surface area contributed by atoms with E-state index in [1.165, 1.54) is 0 Å². The lowest BCUT2D eigenvalue weighted by Gasteiger charge is -2.25. The van der Waals surface area contributed by atoms with Gasteiger partial charge in [0.1, 0.15) is 0 Å². The molecule has 1 aliphatic rings. The number of halogens is 1. The molecule has 1 saturated heterocycles. The lowest BCUT2D eigenvalue weighted by Crippen LogP contribution is -2.42. The van der Waals surface area contributed by atoms with Crippen LogP contribution in [0.3, 0.4) is 0 Å². The summed E-state index contributed by atoms with van der Waals surface area (Å²) in [5.41, 5.74) is 1.12. The number of carbonyl (C=O) groups is 1.